The number of hydrogen-bond acceptors (Lipinski definition) is 6. The molecule has 0 fully saturated rings. The molecule has 0 saturated heterocycles. The zero-order valence-electron chi connectivity index (χ0n) is 13.0. The quantitative estimate of drug-likeness (QED) is 0.338. The van der Waals surface area contributed by atoms with Gasteiger partial charge in [0.15, 0.2) is 0 Å². The highest BCUT2D eigenvalue weighted by molar-refractivity contribution is 7.14. The molecule has 0 spiro atoms. The van der Waals surface area contributed by atoms with Crippen molar-refractivity contribution >= 4 is 33.7 Å². The molecule has 2 aromatic carbocycles. The van der Waals surface area contributed by atoms with Gasteiger partial charge in [-0.05, 0) is 29.8 Å². The zero-order valence-corrected chi connectivity index (χ0v) is 13.9. The molecule has 0 aliphatic heterocycles. The largest absolute Gasteiger partial charge is 0.423 e. The van der Waals surface area contributed by atoms with Crippen molar-refractivity contribution in [2.45, 2.75) is 0 Å². The van der Waals surface area contributed by atoms with Crippen LogP contribution in [0, 0.1) is 0 Å². The predicted octanol–water partition coefficient (Wildman–Crippen LogP) is 4.36. The average Bonchev–Trinajstić information content (AvgIpc) is 3.11. The first-order chi connectivity index (χ1) is 12.3. The minimum Gasteiger partial charge on any atom is -0.423 e. The van der Waals surface area contributed by atoms with Gasteiger partial charge in [-0.25, -0.2) is 9.78 Å². The molecule has 0 bridgehead atoms. The van der Waals surface area contributed by atoms with Crippen LogP contribution in [0.15, 0.2) is 80.4 Å². The van der Waals surface area contributed by atoms with Crippen LogP contribution in [0.2, 0.25) is 0 Å². The van der Waals surface area contributed by atoms with Gasteiger partial charge in [0, 0.05) is 22.4 Å². The highest BCUT2D eigenvalue weighted by Crippen LogP contribution is 2.24. The van der Waals surface area contributed by atoms with Gasteiger partial charge in [-0.15, -0.1) is 11.3 Å². The van der Waals surface area contributed by atoms with Gasteiger partial charge in [0.2, 0.25) is 5.13 Å². The molecule has 25 heavy (non-hydrogen) atoms. The Morgan fingerprint density at radius 3 is 2.84 bits per heavy atom. The number of anilines is 1. The van der Waals surface area contributed by atoms with Crippen molar-refractivity contribution in [2.75, 3.05) is 5.43 Å². The van der Waals surface area contributed by atoms with E-state index in [-0.39, 0.29) is 5.63 Å². The maximum absolute atomic E-state index is 11.2. The Balaban J connectivity index is 1.49. The highest BCUT2D eigenvalue weighted by atomic mass is 32.1. The molecule has 0 aliphatic rings. The molecule has 2 aromatic heterocycles. The number of hydrogen-bond donors (Lipinski definition) is 1. The molecule has 0 radical (unpaired) electrons. The van der Waals surface area contributed by atoms with Crippen molar-refractivity contribution < 1.29 is 4.42 Å². The van der Waals surface area contributed by atoms with Crippen LogP contribution < -0.4 is 11.1 Å². The molecule has 2 heterocycles. The number of benzene rings is 2. The molecular formula is C19H13N3O2S. The van der Waals surface area contributed by atoms with Crippen LogP contribution in [0.3, 0.4) is 0 Å². The average molecular weight is 347 g/mol. The summed E-state index contributed by atoms with van der Waals surface area (Å²) in [6, 6.07) is 18.6. The smallest absolute Gasteiger partial charge is 0.336 e. The molecule has 0 atom stereocenters. The summed E-state index contributed by atoms with van der Waals surface area (Å²) < 4.78 is 5.11. The number of rotatable bonds is 4. The maximum atomic E-state index is 11.2. The molecular weight excluding hydrogens is 334 g/mol. The Morgan fingerprint density at radius 2 is 1.96 bits per heavy atom. The number of nitrogens with one attached hydrogen (secondary N) is 1. The van der Waals surface area contributed by atoms with Crippen LogP contribution in [-0.2, 0) is 0 Å². The summed E-state index contributed by atoms with van der Waals surface area (Å²) >= 11 is 1.50. The van der Waals surface area contributed by atoms with Crippen molar-refractivity contribution in [2.24, 2.45) is 5.10 Å². The SMILES string of the molecule is O=c1ccc2cc(C=NNc3nc(-c4ccccc4)cs3)ccc2o1. The van der Waals surface area contributed by atoms with E-state index >= 15 is 0 Å². The van der Waals surface area contributed by atoms with Crippen LogP contribution in [0.4, 0.5) is 5.13 Å². The fraction of sp³-hybridized carbons (Fsp3) is 0. The van der Waals surface area contributed by atoms with E-state index in [9.17, 15) is 4.79 Å². The number of fused-ring (bicyclic) bond motifs is 1. The lowest BCUT2D eigenvalue weighted by Gasteiger charge is -1.98. The summed E-state index contributed by atoms with van der Waals surface area (Å²) in [4.78, 5) is 15.7. The second-order valence-corrected chi connectivity index (χ2v) is 6.18. The van der Waals surface area contributed by atoms with E-state index in [0.717, 1.165) is 27.3 Å². The van der Waals surface area contributed by atoms with Gasteiger partial charge in [-0.2, -0.15) is 5.10 Å². The van der Waals surface area contributed by atoms with Crippen LogP contribution in [0.5, 0.6) is 0 Å². The Bertz CT molecular complexity index is 1100. The van der Waals surface area contributed by atoms with Gasteiger partial charge < -0.3 is 4.42 Å². The lowest BCUT2D eigenvalue weighted by Crippen LogP contribution is -1.95. The number of thiazole rings is 1. The minimum atomic E-state index is -0.353. The Labute approximate surface area is 147 Å². The minimum absolute atomic E-state index is 0.353. The van der Waals surface area contributed by atoms with E-state index in [1.807, 2.05) is 47.8 Å². The molecule has 1 N–H and O–H groups in total. The summed E-state index contributed by atoms with van der Waals surface area (Å²) in [5, 5.41) is 7.79. The Morgan fingerprint density at radius 1 is 1.08 bits per heavy atom. The van der Waals surface area contributed by atoms with Gasteiger partial charge in [0.25, 0.3) is 0 Å². The molecule has 0 saturated carbocycles. The first-order valence-electron chi connectivity index (χ1n) is 7.62. The highest BCUT2D eigenvalue weighted by Gasteiger charge is 2.03. The normalized spacial score (nSPS) is 11.2. The maximum Gasteiger partial charge on any atom is 0.336 e. The van der Waals surface area contributed by atoms with Crippen LogP contribution in [0.1, 0.15) is 5.56 Å². The number of nitrogens with zero attached hydrogens (tertiary/aromatic N) is 2. The van der Waals surface area contributed by atoms with E-state index in [1.165, 1.54) is 17.4 Å². The van der Waals surface area contributed by atoms with E-state index in [0.29, 0.717) is 5.58 Å². The van der Waals surface area contributed by atoms with E-state index in [1.54, 1.807) is 18.3 Å². The zero-order chi connectivity index (χ0) is 17.1. The summed E-state index contributed by atoms with van der Waals surface area (Å²) in [5.74, 6) is 0. The fourth-order valence-corrected chi connectivity index (χ4v) is 3.07. The van der Waals surface area contributed by atoms with Crippen LogP contribution >= 0.6 is 11.3 Å². The molecule has 4 aromatic rings. The van der Waals surface area contributed by atoms with Gasteiger partial charge >= 0.3 is 5.63 Å². The van der Waals surface area contributed by atoms with Gasteiger partial charge in [0.05, 0.1) is 11.9 Å². The van der Waals surface area contributed by atoms with E-state index in [4.69, 9.17) is 4.42 Å². The van der Waals surface area contributed by atoms with Crippen molar-refractivity contribution in [3.63, 3.8) is 0 Å². The van der Waals surface area contributed by atoms with Gasteiger partial charge in [-0.1, -0.05) is 30.3 Å². The van der Waals surface area contributed by atoms with Crippen LogP contribution in [0.25, 0.3) is 22.2 Å². The Hall–Kier alpha value is -3.25. The lowest BCUT2D eigenvalue weighted by atomic mass is 10.1. The third-order valence-electron chi connectivity index (χ3n) is 3.59. The first-order valence-corrected chi connectivity index (χ1v) is 8.50. The summed E-state index contributed by atoms with van der Waals surface area (Å²) in [6.07, 6.45) is 1.70. The van der Waals surface area contributed by atoms with E-state index in [2.05, 4.69) is 15.5 Å². The topological polar surface area (TPSA) is 67.5 Å². The van der Waals surface area contributed by atoms with Crippen molar-refractivity contribution in [3.8, 4) is 11.3 Å². The van der Waals surface area contributed by atoms with Gasteiger partial charge in [0.1, 0.15) is 5.58 Å². The molecule has 122 valence electrons. The second-order valence-electron chi connectivity index (χ2n) is 5.33. The number of hydrazone groups is 1. The fourth-order valence-electron chi connectivity index (χ4n) is 2.40. The molecule has 4 rings (SSSR count). The molecule has 5 nitrogen and oxygen atoms in total. The third kappa shape index (κ3) is 3.49. The van der Waals surface area contributed by atoms with Crippen molar-refractivity contribution in [1.29, 1.82) is 0 Å². The number of aromatic nitrogens is 1. The molecule has 6 heteroatoms. The van der Waals surface area contributed by atoms with Crippen molar-refractivity contribution in [3.05, 3.63) is 82.0 Å². The monoisotopic (exact) mass is 347 g/mol. The van der Waals surface area contributed by atoms with E-state index < -0.39 is 0 Å². The summed E-state index contributed by atoms with van der Waals surface area (Å²) in [5.41, 5.74) is 6.04. The summed E-state index contributed by atoms with van der Waals surface area (Å²) in [6.45, 7) is 0. The standard InChI is InChI=1S/C19H13N3O2S/c23-18-9-7-15-10-13(6-8-17(15)24-18)11-20-22-19-21-16(12-25-19)14-4-2-1-3-5-14/h1-12H,(H,21,22). The first kappa shape index (κ1) is 15.3. The van der Waals surface area contributed by atoms with Gasteiger partial charge in [-0.3, -0.25) is 5.43 Å². The molecule has 0 unspecified atom stereocenters. The summed E-state index contributed by atoms with van der Waals surface area (Å²) in [7, 11) is 0. The third-order valence-corrected chi connectivity index (χ3v) is 4.34. The second kappa shape index (κ2) is 6.70. The molecule has 0 aliphatic carbocycles. The predicted molar refractivity (Wildman–Crippen MR) is 101 cm³/mol. The lowest BCUT2D eigenvalue weighted by molar-refractivity contribution is 0.561. The molecule has 0 amide bonds. The Kier molecular flexibility index (Phi) is 4.10. The van der Waals surface area contributed by atoms with Crippen molar-refractivity contribution in [1.82, 2.24) is 4.98 Å². The van der Waals surface area contributed by atoms with Crippen LogP contribution in [-0.4, -0.2) is 11.2 Å².